The summed E-state index contributed by atoms with van der Waals surface area (Å²) in [5.41, 5.74) is 0. The van der Waals surface area contributed by atoms with E-state index >= 15 is 0 Å². The van der Waals surface area contributed by atoms with Crippen molar-refractivity contribution in [1.29, 1.82) is 0 Å². The van der Waals surface area contributed by atoms with Crippen LogP contribution in [0, 0.1) is 6.29 Å². The van der Waals surface area contributed by atoms with Gasteiger partial charge in [0.15, 0.2) is 0 Å². The van der Waals surface area contributed by atoms with Crippen molar-refractivity contribution in [1.82, 2.24) is 0 Å². The molecular weight excluding hydrogens is 290 g/mol. The Labute approximate surface area is 69.6 Å². The molecule has 0 spiro atoms. The van der Waals surface area contributed by atoms with Crippen LogP contribution in [0.3, 0.4) is 0 Å². The Kier molecular flexibility index (Phi) is 4.69. The Balaban J connectivity index is 0.000000640. The van der Waals surface area contributed by atoms with E-state index in [0.29, 0.717) is 12.4 Å². The van der Waals surface area contributed by atoms with Crippen molar-refractivity contribution < 1.29 is 29.9 Å². The second-order valence-electron chi connectivity index (χ2n) is 2.06. The van der Waals surface area contributed by atoms with Crippen LogP contribution in [0.4, 0.5) is 0 Å². The maximum Gasteiger partial charge on any atom is 0.0243 e. The van der Waals surface area contributed by atoms with E-state index in [1.54, 1.807) is 0 Å². The second kappa shape index (κ2) is 4.41. The first-order chi connectivity index (χ1) is 3.79. The van der Waals surface area contributed by atoms with Crippen molar-refractivity contribution in [2.24, 2.45) is 0 Å². The van der Waals surface area contributed by atoms with E-state index in [2.05, 4.69) is 0 Å². The molecule has 1 aliphatic rings. The number of ether oxygens (including phenoxy) is 2. The molecule has 0 aromatic heterocycles. The van der Waals surface area contributed by atoms with Crippen LogP contribution < -0.4 is 0 Å². The van der Waals surface area contributed by atoms with Gasteiger partial charge in [-0.3, -0.25) is 0 Å². The molecule has 1 atom stereocenters. The third-order valence-corrected chi connectivity index (χ3v) is 1.20. The molecule has 0 aromatic carbocycles. The van der Waals surface area contributed by atoms with Crippen LogP contribution in [0.1, 0.15) is 20.3 Å². The fourth-order valence-electron chi connectivity index (χ4n) is 0.745. The summed E-state index contributed by atoms with van der Waals surface area (Å²) in [5, 5.41) is 0. The van der Waals surface area contributed by atoms with Gasteiger partial charge in [0.2, 0.25) is 0 Å². The SMILES string of the molecule is C[C-]1OCCC(C)O1.[Re]. The maximum absolute atomic E-state index is 5.18. The minimum absolute atomic E-state index is 0. The Morgan fingerprint density at radius 2 is 2.22 bits per heavy atom. The summed E-state index contributed by atoms with van der Waals surface area (Å²) in [7, 11) is 0. The summed E-state index contributed by atoms with van der Waals surface area (Å²) >= 11 is 0. The van der Waals surface area contributed by atoms with E-state index in [0.717, 1.165) is 13.0 Å². The van der Waals surface area contributed by atoms with Crippen molar-refractivity contribution >= 4 is 0 Å². The second-order valence-corrected chi connectivity index (χ2v) is 2.06. The van der Waals surface area contributed by atoms with E-state index in [1.807, 2.05) is 13.8 Å². The summed E-state index contributed by atoms with van der Waals surface area (Å²) in [6, 6.07) is 0. The van der Waals surface area contributed by atoms with Gasteiger partial charge in [-0.2, -0.15) is 0 Å². The number of rotatable bonds is 0. The average molecular weight is 301 g/mol. The van der Waals surface area contributed by atoms with Gasteiger partial charge >= 0.3 is 0 Å². The first-order valence-corrected chi connectivity index (χ1v) is 2.92. The topological polar surface area (TPSA) is 18.5 Å². The molecule has 1 fully saturated rings. The van der Waals surface area contributed by atoms with Crippen LogP contribution in [0.15, 0.2) is 0 Å². The van der Waals surface area contributed by atoms with Gasteiger partial charge in [0, 0.05) is 33.1 Å². The van der Waals surface area contributed by atoms with Crippen LogP contribution in [0.5, 0.6) is 0 Å². The van der Waals surface area contributed by atoms with Gasteiger partial charge in [0.05, 0.1) is 0 Å². The molecule has 1 radical (unpaired) electrons. The molecule has 1 saturated heterocycles. The Hall–Kier alpha value is 0.582. The van der Waals surface area contributed by atoms with Gasteiger partial charge in [0.25, 0.3) is 0 Å². The minimum atomic E-state index is 0. The van der Waals surface area contributed by atoms with Gasteiger partial charge in [-0.15, -0.1) is 6.92 Å². The quantitative estimate of drug-likeness (QED) is 0.628. The first kappa shape index (κ1) is 9.58. The zero-order valence-corrected chi connectivity index (χ0v) is 8.40. The molecule has 0 amide bonds. The zero-order valence-electron chi connectivity index (χ0n) is 5.69. The fraction of sp³-hybridized carbons (Fsp3) is 0.833. The number of hydrogen-bond donors (Lipinski definition) is 0. The van der Waals surface area contributed by atoms with Crippen molar-refractivity contribution in [2.75, 3.05) is 6.61 Å². The molecule has 0 bridgehead atoms. The fourth-order valence-corrected chi connectivity index (χ4v) is 0.745. The van der Waals surface area contributed by atoms with Crippen molar-refractivity contribution in [3.63, 3.8) is 0 Å². The minimum Gasteiger partial charge on any atom is -0.522 e. The molecule has 9 heavy (non-hydrogen) atoms. The van der Waals surface area contributed by atoms with E-state index in [1.165, 1.54) is 0 Å². The van der Waals surface area contributed by atoms with Crippen LogP contribution in [0.2, 0.25) is 0 Å². The largest absolute Gasteiger partial charge is 0.522 e. The van der Waals surface area contributed by atoms with Crippen LogP contribution >= 0.6 is 0 Å². The summed E-state index contributed by atoms with van der Waals surface area (Å²) in [6.07, 6.45) is 2.07. The summed E-state index contributed by atoms with van der Waals surface area (Å²) in [6.45, 7) is 4.70. The van der Waals surface area contributed by atoms with Crippen LogP contribution in [-0.4, -0.2) is 12.7 Å². The number of hydrogen-bond acceptors (Lipinski definition) is 2. The van der Waals surface area contributed by atoms with Crippen molar-refractivity contribution in [3.8, 4) is 0 Å². The predicted molar refractivity (Wildman–Crippen MR) is 30.0 cm³/mol. The summed E-state index contributed by atoms with van der Waals surface area (Å²) in [4.78, 5) is 0. The first-order valence-electron chi connectivity index (χ1n) is 2.92. The third-order valence-electron chi connectivity index (χ3n) is 1.20. The molecule has 0 N–H and O–H groups in total. The molecule has 3 heteroatoms. The van der Waals surface area contributed by atoms with E-state index < -0.39 is 0 Å². The average Bonchev–Trinajstić information content (AvgIpc) is 1.64. The summed E-state index contributed by atoms with van der Waals surface area (Å²) < 4.78 is 10.2. The maximum atomic E-state index is 5.18. The van der Waals surface area contributed by atoms with Crippen molar-refractivity contribution in [2.45, 2.75) is 26.4 Å². The van der Waals surface area contributed by atoms with E-state index in [4.69, 9.17) is 9.47 Å². The standard InChI is InChI=1S/C6H11O2.Re/c1-5-3-4-7-6(2)8-5;/h5H,3-4H2,1-2H3;/q-1;. The molecule has 55 valence electrons. The third kappa shape index (κ3) is 3.32. The molecule has 0 aromatic rings. The van der Waals surface area contributed by atoms with Gasteiger partial charge in [-0.05, 0) is 13.3 Å². The Morgan fingerprint density at radius 3 is 2.56 bits per heavy atom. The molecular formula is C6H11O2Re-. The van der Waals surface area contributed by atoms with Gasteiger partial charge in [-0.1, -0.05) is 6.29 Å². The normalized spacial score (nSPS) is 29.3. The van der Waals surface area contributed by atoms with Crippen molar-refractivity contribution in [3.05, 3.63) is 6.29 Å². The molecule has 1 aliphatic heterocycles. The monoisotopic (exact) mass is 302 g/mol. The van der Waals surface area contributed by atoms with Gasteiger partial charge in [0.1, 0.15) is 0 Å². The van der Waals surface area contributed by atoms with Gasteiger partial charge < -0.3 is 9.47 Å². The molecule has 1 unspecified atom stereocenters. The Morgan fingerprint density at radius 1 is 1.56 bits per heavy atom. The molecule has 2 nitrogen and oxygen atoms in total. The van der Waals surface area contributed by atoms with E-state index in [-0.39, 0.29) is 20.4 Å². The Bertz CT molecular complexity index is 69.5. The molecule has 1 heterocycles. The van der Waals surface area contributed by atoms with Gasteiger partial charge in [-0.25, -0.2) is 0 Å². The summed E-state index contributed by atoms with van der Waals surface area (Å²) in [5.74, 6) is 0. The van der Waals surface area contributed by atoms with E-state index in [9.17, 15) is 0 Å². The predicted octanol–water partition coefficient (Wildman–Crippen LogP) is 1.32. The molecule has 0 aliphatic carbocycles. The molecule has 0 saturated carbocycles. The molecule has 1 rings (SSSR count). The smallest absolute Gasteiger partial charge is 0.0243 e. The van der Waals surface area contributed by atoms with Crippen LogP contribution in [-0.2, 0) is 29.9 Å². The zero-order chi connectivity index (χ0) is 5.98. The van der Waals surface area contributed by atoms with Crippen LogP contribution in [0.25, 0.3) is 0 Å².